The van der Waals surface area contributed by atoms with Gasteiger partial charge in [-0.05, 0) is 24.1 Å². The number of hydrogen-bond acceptors (Lipinski definition) is 3. The first-order chi connectivity index (χ1) is 14.0. The second-order valence-corrected chi connectivity index (χ2v) is 7.75. The highest BCUT2D eigenvalue weighted by Gasteiger charge is 2.37. The molecule has 29 heavy (non-hydrogen) atoms. The third kappa shape index (κ3) is 4.62. The highest BCUT2D eigenvalue weighted by atomic mass is 19.1. The van der Waals surface area contributed by atoms with Crippen molar-refractivity contribution in [2.75, 3.05) is 24.5 Å². The van der Waals surface area contributed by atoms with E-state index in [0.29, 0.717) is 0 Å². The van der Waals surface area contributed by atoms with Crippen molar-refractivity contribution in [2.24, 2.45) is 5.92 Å². The zero-order valence-electron chi connectivity index (χ0n) is 16.0. The third-order valence-corrected chi connectivity index (χ3v) is 5.52. The molecule has 2 fully saturated rings. The van der Waals surface area contributed by atoms with Crippen LogP contribution < -0.4 is 10.2 Å². The highest BCUT2D eigenvalue weighted by molar-refractivity contribution is 6.00. The van der Waals surface area contributed by atoms with Crippen molar-refractivity contribution in [3.63, 3.8) is 0 Å². The summed E-state index contributed by atoms with van der Waals surface area (Å²) in [6.45, 7) is 2.64. The van der Waals surface area contributed by atoms with Crippen LogP contribution in [0, 0.1) is 17.6 Å². The van der Waals surface area contributed by atoms with E-state index in [1.54, 1.807) is 0 Å². The molecule has 2 aliphatic rings. The summed E-state index contributed by atoms with van der Waals surface area (Å²) in [4.78, 5) is 28.5. The zero-order chi connectivity index (χ0) is 20.4. The van der Waals surface area contributed by atoms with Crippen molar-refractivity contribution < 1.29 is 18.4 Å². The largest absolute Gasteiger partial charge is 0.352 e. The quantitative estimate of drug-likeness (QED) is 0.841. The number of nitrogens with one attached hydrogen (secondary N) is 1. The van der Waals surface area contributed by atoms with Crippen molar-refractivity contribution in [3.05, 3.63) is 65.7 Å². The van der Waals surface area contributed by atoms with Crippen LogP contribution in [0.1, 0.15) is 18.4 Å². The molecule has 152 valence electrons. The van der Waals surface area contributed by atoms with Gasteiger partial charge in [0.15, 0.2) is 0 Å². The summed E-state index contributed by atoms with van der Waals surface area (Å²) in [7, 11) is 0. The van der Waals surface area contributed by atoms with Crippen LogP contribution in [0.3, 0.4) is 0 Å². The number of hydrogen-bond donors (Lipinski definition) is 1. The van der Waals surface area contributed by atoms with Crippen molar-refractivity contribution >= 4 is 17.5 Å². The van der Waals surface area contributed by atoms with Gasteiger partial charge in [-0.2, -0.15) is 0 Å². The molecular formula is C22H23F2N3O2. The van der Waals surface area contributed by atoms with E-state index < -0.39 is 17.6 Å². The minimum Gasteiger partial charge on any atom is -0.352 e. The average Bonchev–Trinajstić information content (AvgIpc) is 3.28. The summed E-state index contributed by atoms with van der Waals surface area (Å²) in [5.74, 6) is -2.48. The Kier molecular flexibility index (Phi) is 5.58. The number of carbonyl (C=O) groups excluding carboxylic acids is 2. The molecule has 2 atom stereocenters. The first kappa shape index (κ1) is 19.5. The molecule has 0 radical (unpaired) electrons. The van der Waals surface area contributed by atoms with Crippen molar-refractivity contribution in [2.45, 2.75) is 25.4 Å². The van der Waals surface area contributed by atoms with Crippen LogP contribution >= 0.6 is 0 Å². The lowest BCUT2D eigenvalue weighted by Gasteiger charge is -2.19. The van der Waals surface area contributed by atoms with Gasteiger partial charge in [-0.15, -0.1) is 0 Å². The fourth-order valence-electron chi connectivity index (χ4n) is 4.08. The summed E-state index contributed by atoms with van der Waals surface area (Å²) in [5.41, 5.74) is 1.39. The molecule has 2 saturated heterocycles. The highest BCUT2D eigenvalue weighted by Crippen LogP contribution is 2.27. The van der Waals surface area contributed by atoms with Gasteiger partial charge in [0, 0.05) is 50.4 Å². The second-order valence-electron chi connectivity index (χ2n) is 7.75. The van der Waals surface area contributed by atoms with E-state index in [0.717, 1.165) is 44.3 Å². The first-order valence-electron chi connectivity index (χ1n) is 9.81. The standard InChI is InChI=1S/C22H23F2N3O2/c23-17-9-18(24)11-20(10-17)27-13-16(8-21(27)28)22(29)25-19-6-7-26(14-19)12-15-4-2-1-3-5-15/h1-5,9-11,16,19H,6-8,12-14H2,(H,25,29). The number of likely N-dealkylation sites (tertiary alicyclic amines) is 1. The third-order valence-electron chi connectivity index (χ3n) is 5.52. The molecule has 2 aromatic carbocycles. The number of rotatable bonds is 5. The Morgan fingerprint density at radius 2 is 1.79 bits per heavy atom. The first-order valence-corrected chi connectivity index (χ1v) is 9.81. The number of benzene rings is 2. The molecule has 2 heterocycles. The van der Waals surface area contributed by atoms with E-state index in [2.05, 4.69) is 22.3 Å². The maximum atomic E-state index is 13.5. The van der Waals surface area contributed by atoms with Gasteiger partial charge in [0.1, 0.15) is 11.6 Å². The molecule has 0 bridgehead atoms. The van der Waals surface area contributed by atoms with Gasteiger partial charge in [-0.1, -0.05) is 30.3 Å². The summed E-state index contributed by atoms with van der Waals surface area (Å²) in [5, 5.41) is 3.04. The van der Waals surface area contributed by atoms with E-state index >= 15 is 0 Å². The smallest absolute Gasteiger partial charge is 0.227 e. The Bertz CT molecular complexity index is 886. The summed E-state index contributed by atoms with van der Waals surface area (Å²) in [6, 6.07) is 13.2. The van der Waals surface area contributed by atoms with Gasteiger partial charge >= 0.3 is 0 Å². The van der Waals surface area contributed by atoms with Crippen LogP contribution in [-0.2, 0) is 16.1 Å². The number of halogens is 2. The molecule has 0 saturated carbocycles. The Hall–Kier alpha value is -2.80. The molecule has 7 heteroatoms. The van der Waals surface area contributed by atoms with Crippen LogP contribution in [0.5, 0.6) is 0 Å². The lowest BCUT2D eigenvalue weighted by Crippen LogP contribution is -2.41. The van der Waals surface area contributed by atoms with Gasteiger partial charge in [-0.25, -0.2) is 8.78 Å². The Labute approximate surface area is 168 Å². The monoisotopic (exact) mass is 399 g/mol. The summed E-state index contributed by atoms with van der Waals surface area (Å²) >= 11 is 0. The molecular weight excluding hydrogens is 376 g/mol. The molecule has 4 rings (SSSR count). The van der Waals surface area contributed by atoms with Crippen LogP contribution in [0.15, 0.2) is 48.5 Å². The fourth-order valence-corrected chi connectivity index (χ4v) is 4.08. The number of anilines is 1. The van der Waals surface area contributed by atoms with Crippen LogP contribution in [0.2, 0.25) is 0 Å². The maximum Gasteiger partial charge on any atom is 0.227 e. The molecule has 2 aliphatic heterocycles. The summed E-state index contributed by atoms with van der Waals surface area (Å²) in [6.07, 6.45) is 0.905. The topological polar surface area (TPSA) is 52.7 Å². The molecule has 1 N–H and O–H groups in total. The minimum atomic E-state index is -0.745. The van der Waals surface area contributed by atoms with E-state index in [1.165, 1.54) is 10.5 Å². The van der Waals surface area contributed by atoms with E-state index in [4.69, 9.17) is 0 Å². The van der Waals surface area contributed by atoms with E-state index in [-0.39, 0.29) is 36.5 Å². The molecule has 0 aliphatic carbocycles. The van der Waals surface area contributed by atoms with Gasteiger partial charge < -0.3 is 10.2 Å². The zero-order valence-corrected chi connectivity index (χ0v) is 16.0. The summed E-state index contributed by atoms with van der Waals surface area (Å²) < 4.78 is 26.9. The van der Waals surface area contributed by atoms with Crippen LogP contribution in [0.25, 0.3) is 0 Å². The van der Waals surface area contributed by atoms with E-state index in [1.807, 2.05) is 18.2 Å². The average molecular weight is 399 g/mol. The molecule has 2 unspecified atom stereocenters. The lowest BCUT2D eigenvalue weighted by atomic mass is 10.1. The van der Waals surface area contributed by atoms with Gasteiger partial charge in [0.25, 0.3) is 0 Å². The predicted molar refractivity (Wildman–Crippen MR) is 105 cm³/mol. The minimum absolute atomic E-state index is 0.0435. The van der Waals surface area contributed by atoms with E-state index in [9.17, 15) is 18.4 Å². The van der Waals surface area contributed by atoms with Crippen molar-refractivity contribution in [3.8, 4) is 0 Å². The van der Waals surface area contributed by atoms with Crippen molar-refractivity contribution in [1.29, 1.82) is 0 Å². The maximum absolute atomic E-state index is 13.5. The number of carbonyl (C=O) groups is 2. The SMILES string of the molecule is O=C(NC1CCN(Cc2ccccc2)C1)C1CC(=O)N(c2cc(F)cc(F)c2)C1. The molecule has 0 aromatic heterocycles. The lowest BCUT2D eigenvalue weighted by molar-refractivity contribution is -0.126. The Morgan fingerprint density at radius 3 is 2.52 bits per heavy atom. The predicted octanol–water partition coefficient (Wildman–Crippen LogP) is 2.71. The normalized spacial score (nSPS) is 22.3. The van der Waals surface area contributed by atoms with Crippen LogP contribution in [0.4, 0.5) is 14.5 Å². The van der Waals surface area contributed by atoms with Crippen molar-refractivity contribution in [1.82, 2.24) is 10.2 Å². The second kappa shape index (κ2) is 8.29. The molecule has 5 nitrogen and oxygen atoms in total. The Morgan fingerprint density at radius 1 is 1.07 bits per heavy atom. The van der Waals surface area contributed by atoms with Gasteiger partial charge in [-0.3, -0.25) is 14.5 Å². The number of amides is 2. The molecule has 0 spiro atoms. The molecule has 2 amide bonds. The fraction of sp³-hybridized carbons (Fsp3) is 0.364. The molecule has 2 aromatic rings. The van der Waals surface area contributed by atoms with Gasteiger partial charge in [0.2, 0.25) is 11.8 Å². The number of nitrogens with zero attached hydrogens (tertiary/aromatic N) is 2. The Balaban J connectivity index is 1.32. The van der Waals surface area contributed by atoms with Gasteiger partial charge in [0.05, 0.1) is 5.92 Å². The van der Waals surface area contributed by atoms with Crippen LogP contribution in [-0.4, -0.2) is 42.4 Å².